The summed E-state index contributed by atoms with van der Waals surface area (Å²) >= 11 is 0. The molecule has 2 saturated carbocycles. The van der Waals surface area contributed by atoms with Crippen molar-refractivity contribution in [3.8, 4) is 0 Å². The van der Waals surface area contributed by atoms with Gasteiger partial charge in [-0.25, -0.2) is 4.79 Å². The number of hydrogen-bond acceptors (Lipinski definition) is 9. The van der Waals surface area contributed by atoms with E-state index >= 15 is 4.79 Å². The van der Waals surface area contributed by atoms with Crippen LogP contribution in [-0.2, 0) is 32.3 Å². The number of Topliss-reactive ketones (excluding diaryl/α,β-unsaturated/α-hetero) is 1. The summed E-state index contributed by atoms with van der Waals surface area (Å²) in [4.78, 5) is 30.0. The first kappa shape index (κ1) is 41.3. The van der Waals surface area contributed by atoms with Crippen molar-refractivity contribution in [2.45, 2.75) is 199 Å². The van der Waals surface area contributed by atoms with Crippen LogP contribution in [0, 0.1) is 16.7 Å². The minimum absolute atomic E-state index is 0.0582. The van der Waals surface area contributed by atoms with Crippen LogP contribution in [0.25, 0.3) is 0 Å². The summed E-state index contributed by atoms with van der Waals surface area (Å²) in [6, 6.07) is 8.24. The third-order valence-electron chi connectivity index (χ3n) is 15.7. The molecular formula is C39H70O9Si3. The Morgan fingerprint density at radius 1 is 0.765 bits per heavy atom. The van der Waals surface area contributed by atoms with E-state index in [9.17, 15) is 9.90 Å². The van der Waals surface area contributed by atoms with Crippen LogP contribution in [0.5, 0.6) is 0 Å². The van der Waals surface area contributed by atoms with Crippen molar-refractivity contribution in [1.82, 2.24) is 0 Å². The SMILES string of the molecule is CC[Si](CC)(CC)O[C@H]1C(=O)[C@]2(C)[C@@H](O[Si](CC)(CC)CC)C[C@H]3OC[C@@]3(O)[C@H]2[C@@H]2OC(=O)O[C@@]23C[C@H](O[Si](CC)(CC)CC)C(C)=C1C3(C)C. The number of ketones is 1. The molecule has 9 atom stereocenters. The molecule has 2 saturated heterocycles. The van der Waals surface area contributed by atoms with Crippen LogP contribution in [0.2, 0.25) is 54.4 Å². The largest absolute Gasteiger partial charge is 0.509 e. The van der Waals surface area contributed by atoms with Gasteiger partial charge in [0.2, 0.25) is 0 Å². The van der Waals surface area contributed by atoms with Gasteiger partial charge in [0, 0.05) is 24.2 Å². The van der Waals surface area contributed by atoms with Crippen LogP contribution in [0.4, 0.5) is 4.79 Å². The molecule has 2 heterocycles. The van der Waals surface area contributed by atoms with E-state index in [1.807, 2.05) is 6.92 Å². The molecular weight excluding hydrogens is 697 g/mol. The first-order valence-corrected chi connectivity index (χ1v) is 28.0. The van der Waals surface area contributed by atoms with E-state index < -0.39 is 83.5 Å². The van der Waals surface area contributed by atoms with Gasteiger partial charge in [0.25, 0.3) is 0 Å². The van der Waals surface area contributed by atoms with Gasteiger partial charge in [-0.05, 0) is 79.4 Å². The van der Waals surface area contributed by atoms with Gasteiger partial charge >= 0.3 is 6.16 Å². The van der Waals surface area contributed by atoms with E-state index in [0.717, 1.165) is 65.5 Å². The molecule has 0 amide bonds. The molecule has 5 aliphatic rings. The molecule has 292 valence electrons. The van der Waals surface area contributed by atoms with Crippen LogP contribution in [0.3, 0.4) is 0 Å². The fraction of sp³-hybridized carbons (Fsp3) is 0.897. The number of ether oxygens (including phenoxy) is 3. The van der Waals surface area contributed by atoms with Crippen molar-refractivity contribution in [3.63, 3.8) is 0 Å². The van der Waals surface area contributed by atoms with Crippen molar-refractivity contribution in [2.75, 3.05) is 6.61 Å². The Morgan fingerprint density at radius 3 is 1.73 bits per heavy atom. The monoisotopic (exact) mass is 766 g/mol. The third kappa shape index (κ3) is 5.89. The lowest BCUT2D eigenvalue weighted by atomic mass is 9.45. The molecule has 1 N–H and O–H groups in total. The molecule has 51 heavy (non-hydrogen) atoms. The van der Waals surface area contributed by atoms with Crippen molar-refractivity contribution in [1.29, 1.82) is 0 Å². The third-order valence-corrected chi connectivity index (χ3v) is 29.6. The molecule has 5 rings (SSSR count). The number of rotatable bonds is 15. The molecule has 2 aliphatic heterocycles. The van der Waals surface area contributed by atoms with E-state index in [0.29, 0.717) is 12.8 Å². The van der Waals surface area contributed by atoms with E-state index in [4.69, 9.17) is 27.5 Å². The average Bonchev–Trinajstić information content (AvgIpc) is 3.45. The molecule has 12 heteroatoms. The van der Waals surface area contributed by atoms with Gasteiger partial charge in [-0.1, -0.05) is 76.2 Å². The molecule has 9 nitrogen and oxygen atoms in total. The Bertz CT molecular complexity index is 1330. The summed E-state index contributed by atoms with van der Waals surface area (Å²) in [5.41, 5.74) is -2.90. The number of fused-ring (bicyclic) bond motifs is 5. The standard InChI is InChI=1S/C39H70O9Si3/c1-14-49(15-2,16-3)46-27-24-39-34(44-35(41)45-39)32-37(13,28(23-29-38(32,42)25-43-29)47-50(17-4,18-5)19-6)33(40)31(30(26(27)10)36(39,11)12)48-51(20-7,21-8)22-9/h27-29,31-32,34,42H,14-25H2,1-13H3/t27-,28-,29+,31+,32-,34-,37+,38-,39-/m0/s1. The molecule has 1 spiro atoms. The van der Waals surface area contributed by atoms with Gasteiger partial charge in [-0.2, -0.15) is 0 Å². The van der Waals surface area contributed by atoms with Gasteiger partial charge in [0.1, 0.15) is 11.7 Å². The van der Waals surface area contributed by atoms with E-state index in [1.54, 1.807) is 0 Å². The summed E-state index contributed by atoms with van der Waals surface area (Å²) in [5.74, 6) is -0.907. The lowest BCUT2D eigenvalue weighted by Crippen LogP contribution is -2.81. The van der Waals surface area contributed by atoms with E-state index in [-0.39, 0.29) is 18.5 Å². The van der Waals surface area contributed by atoms with Gasteiger partial charge in [-0.15, -0.1) is 0 Å². The minimum atomic E-state index is -2.43. The fourth-order valence-corrected chi connectivity index (χ4v) is 19.7. The Kier molecular flexibility index (Phi) is 11.6. The van der Waals surface area contributed by atoms with Gasteiger partial charge in [0.05, 0.1) is 30.3 Å². The van der Waals surface area contributed by atoms with E-state index in [1.165, 1.54) is 0 Å². The Hall–Kier alpha value is -0.869. The highest BCUT2D eigenvalue weighted by Gasteiger charge is 2.80. The molecule has 0 aromatic carbocycles. The predicted octanol–water partition coefficient (Wildman–Crippen LogP) is 8.92. The molecule has 0 aromatic heterocycles. The Labute approximate surface area is 311 Å². The highest BCUT2D eigenvalue weighted by Crippen LogP contribution is 2.67. The predicted molar refractivity (Wildman–Crippen MR) is 207 cm³/mol. The highest BCUT2D eigenvalue weighted by molar-refractivity contribution is 6.74. The second kappa shape index (κ2) is 14.3. The molecule has 0 radical (unpaired) electrons. The van der Waals surface area contributed by atoms with Gasteiger partial charge in [0.15, 0.2) is 42.4 Å². The van der Waals surface area contributed by atoms with Gasteiger partial charge < -0.3 is 32.6 Å². The number of hydrogen-bond donors (Lipinski definition) is 1. The molecule has 4 fully saturated rings. The zero-order chi connectivity index (χ0) is 38.0. The highest BCUT2D eigenvalue weighted by atomic mass is 28.4. The first-order chi connectivity index (χ1) is 23.9. The lowest BCUT2D eigenvalue weighted by Gasteiger charge is -2.67. The number of aliphatic hydroxyl groups is 1. The number of carbonyl (C=O) groups excluding carboxylic acids is 2. The van der Waals surface area contributed by atoms with Crippen LogP contribution in [0.1, 0.15) is 103 Å². The summed E-state index contributed by atoms with van der Waals surface area (Å²) in [6.45, 7) is 28.2. The number of carbonyl (C=O) groups is 2. The summed E-state index contributed by atoms with van der Waals surface area (Å²) < 4.78 is 41.4. The molecule has 0 aromatic rings. The lowest BCUT2D eigenvalue weighted by molar-refractivity contribution is -0.332. The second-order valence-corrected chi connectivity index (χ2v) is 31.5. The topological polar surface area (TPSA) is 110 Å². The normalized spacial score (nSPS) is 37.8. The van der Waals surface area contributed by atoms with Gasteiger partial charge in [-0.3, -0.25) is 4.79 Å². The Morgan fingerprint density at radius 2 is 1.25 bits per heavy atom. The van der Waals surface area contributed by atoms with Crippen LogP contribution < -0.4 is 0 Å². The van der Waals surface area contributed by atoms with Crippen molar-refractivity contribution in [3.05, 3.63) is 11.1 Å². The quantitative estimate of drug-likeness (QED) is 0.0993. The average molecular weight is 767 g/mol. The molecule has 2 bridgehead atoms. The first-order valence-electron chi connectivity index (χ1n) is 20.4. The van der Waals surface area contributed by atoms with Crippen molar-refractivity contribution >= 4 is 36.9 Å². The summed E-state index contributed by atoms with van der Waals surface area (Å²) in [5, 5.41) is 12.8. The second-order valence-electron chi connectivity index (χ2n) is 17.3. The van der Waals surface area contributed by atoms with E-state index in [2.05, 4.69) is 83.1 Å². The zero-order valence-corrected chi connectivity index (χ0v) is 37.2. The maximum atomic E-state index is 16.3. The maximum Gasteiger partial charge on any atom is 0.509 e. The van der Waals surface area contributed by atoms with Crippen molar-refractivity contribution < 1.29 is 42.2 Å². The maximum absolute atomic E-state index is 16.3. The Balaban J connectivity index is 1.87. The van der Waals surface area contributed by atoms with Crippen molar-refractivity contribution in [2.24, 2.45) is 16.7 Å². The summed E-state index contributed by atoms with van der Waals surface area (Å²) in [6.07, 6.45) is -3.30. The summed E-state index contributed by atoms with van der Waals surface area (Å²) in [7, 11) is -6.90. The molecule has 0 unspecified atom stereocenters. The zero-order valence-electron chi connectivity index (χ0n) is 34.2. The molecule has 3 aliphatic carbocycles. The smallest absolute Gasteiger partial charge is 0.426 e. The van der Waals surface area contributed by atoms with Crippen LogP contribution >= 0.6 is 0 Å². The van der Waals surface area contributed by atoms with Crippen LogP contribution in [0.15, 0.2) is 11.1 Å². The fourth-order valence-electron chi connectivity index (χ4n) is 11.2. The minimum Gasteiger partial charge on any atom is -0.426 e. The van der Waals surface area contributed by atoms with Crippen LogP contribution in [-0.4, -0.2) is 90.3 Å².